The van der Waals surface area contributed by atoms with E-state index < -0.39 is 0 Å². The van der Waals surface area contributed by atoms with Gasteiger partial charge >= 0.3 is 0 Å². The molecule has 144 valence electrons. The zero-order chi connectivity index (χ0) is 20.4. The topological polar surface area (TPSA) is 71.8 Å². The molecule has 2 N–H and O–H groups in total. The summed E-state index contributed by atoms with van der Waals surface area (Å²) in [7, 11) is 0. The van der Waals surface area contributed by atoms with Crippen molar-refractivity contribution in [2.45, 2.75) is 0 Å². The summed E-state index contributed by atoms with van der Waals surface area (Å²) in [5, 5.41) is 15.1. The van der Waals surface area contributed by atoms with E-state index >= 15 is 0 Å². The van der Waals surface area contributed by atoms with Gasteiger partial charge in [-0.3, -0.25) is 10.1 Å². The molecular formula is C20H13BrClN5OS. The molecule has 0 atom stereocenters. The molecule has 4 aromatic rings. The lowest BCUT2D eigenvalue weighted by Gasteiger charge is -2.11. The predicted molar refractivity (Wildman–Crippen MR) is 122 cm³/mol. The zero-order valence-corrected chi connectivity index (χ0v) is 17.9. The van der Waals surface area contributed by atoms with Crippen LogP contribution in [0.4, 0.5) is 5.69 Å². The first-order valence-corrected chi connectivity index (χ1v) is 10.1. The molecule has 3 aromatic carbocycles. The van der Waals surface area contributed by atoms with E-state index in [0.29, 0.717) is 27.3 Å². The van der Waals surface area contributed by atoms with Crippen molar-refractivity contribution >= 4 is 67.5 Å². The monoisotopic (exact) mass is 485 g/mol. The first kappa shape index (κ1) is 19.5. The van der Waals surface area contributed by atoms with E-state index in [2.05, 4.69) is 36.8 Å². The van der Waals surface area contributed by atoms with Crippen LogP contribution in [-0.2, 0) is 0 Å². The van der Waals surface area contributed by atoms with Gasteiger partial charge in [0, 0.05) is 10.0 Å². The van der Waals surface area contributed by atoms with Crippen molar-refractivity contribution in [1.82, 2.24) is 20.3 Å². The molecule has 0 radical (unpaired) electrons. The van der Waals surface area contributed by atoms with Crippen molar-refractivity contribution in [2.24, 2.45) is 0 Å². The van der Waals surface area contributed by atoms with Gasteiger partial charge in [-0.25, -0.2) is 0 Å². The molecule has 0 saturated heterocycles. The van der Waals surface area contributed by atoms with Gasteiger partial charge in [-0.05, 0) is 54.7 Å². The number of rotatable bonds is 3. The van der Waals surface area contributed by atoms with Gasteiger partial charge in [-0.15, -0.1) is 10.2 Å². The van der Waals surface area contributed by atoms with E-state index in [1.165, 1.54) is 4.80 Å². The standard InChI is InChI=1S/C20H13BrClN5OS/c21-13-6-4-5-12(9-13)19(28)24-20(29)23-16-11-18-17(10-15(16)22)25-27(26-18)14-7-2-1-3-8-14/h1-11H,(H2,23,24,28,29). The minimum absolute atomic E-state index is 0.131. The van der Waals surface area contributed by atoms with Crippen LogP contribution in [0.5, 0.6) is 0 Å². The molecule has 4 rings (SSSR count). The van der Waals surface area contributed by atoms with Crippen molar-refractivity contribution in [2.75, 3.05) is 5.32 Å². The first-order valence-electron chi connectivity index (χ1n) is 8.49. The second kappa shape index (κ2) is 8.28. The van der Waals surface area contributed by atoms with Gasteiger partial charge in [-0.1, -0.05) is 51.8 Å². The van der Waals surface area contributed by atoms with Crippen LogP contribution in [0.25, 0.3) is 16.7 Å². The largest absolute Gasteiger partial charge is 0.331 e. The van der Waals surface area contributed by atoms with E-state index in [1.807, 2.05) is 36.4 Å². The third-order valence-corrected chi connectivity index (χ3v) is 5.03. The summed E-state index contributed by atoms with van der Waals surface area (Å²) < 4.78 is 0.805. The summed E-state index contributed by atoms with van der Waals surface area (Å²) in [5.41, 5.74) is 3.14. The van der Waals surface area contributed by atoms with Gasteiger partial charge in [0.05, 0.1) is 16.4 Å². The summed E-state index contributed by atoms with van der Waals surface area (Å²) in [6.45, 7) is 0. The highest BCUT2D eigenvalue weighted by atomic mass is 79.9. The fraction of sp³-hybridized carbons (Fsp3) is 0. The molecule has 0 unspecified atom stereocenters. The van der Waals surface area contributed by atoms with Crippen LogP contribution < -0.4 is 10.6 Å². The van der Waals surface area contributed by atoms with Crippen LogP contribution in [-0.4, -0.2) is 26.0 Å². The van der Waals surface area contributed by atoms with E-state index in [-0.39, 0.29) is 11.0 Å². The average molecular weight is 487 g/mol. The summed E-state index contributed by atoms with van der Waals surface area (Å²) in [6.07, 6.45) is 0. The zero-order valence-electron chi connectivity index (χ0n) is 14.8. The summed E-state index contributed by atoms with van der Waals surface area (Å²) in [5.74, 6) is -0.323. The molecule has 0 spiro atoms. The number of benzene rings is 3. The number of anilines is 1. The number of hydrogen-bond acceptors (Lipinski definition) is 4. The lowest BCUT2D eigenvalue weighted by atomic mass is 10.2. The number of aromatic nitrogens is 3. The molecule has 9 heteroatoms. The molecule has 6 nitrogen and oxygen atoms in total. The molecule has 1 aromatic heterocycles. The second-order valence-electron chi connectivity index (χ2n) is 6.06. The Balaban J connectivity index is 1.53. The highest BCUT2D eigenvalue weighted by Gasteiger charge is 2.12. The van der Waals surface area contributed by atoms with E-state index in [4.69, 9.17) is 23.8 Å². The number of carbonyl (C=O) groups is 1. The van der Waals surface area contributed by atoms with Gasteiger partial charge in [0.15, 0.2) is 5.11 Å². The molecule has 0 bridgehead atoms. The second-order valence-corrected chi connectivity index (χ2v) is 7.80. The third-order valence-electron chi connectivity index (χ3n) is 4.02. The van der Waals surface area contributed by atoms with Crippen molar-refractivity contribution in [3.05, 3.63) is 81.8 Å². The first-order chi connectivity index (χ1) is 14.0. The quantitative estimate of drug-likeness (QED) is 0.400. The van der Waals surface area contributed by atoms with Gasteiger partial charge in [0.1, 0.15) is 11.0 Å². The Morgan fingerprint density at radius 3 is 2.45 bits per heavy atom. The fourth-order valence-corrected chi connectivity index (χ4v) is 3.48. The number of fused-ring (bicyclic) bond motifs is 1. The van der Waals surface area contributed by atoms with Gasteiger partial charge in [-0.2, -0.15) is 4.80 Å². The van der Waals surface area contributed by atoms with Crippen molar-refractivity contribution in [1.29, 1.82) is 0 Å². The van der Waals surface area contributed by atoms with E-state index in [0.717, 1.165) is 10.2 Å². The van der Waals surface area contributed by atoms with E-state index in [9.17, 15) is 4.79 Å². The summed E-state index contributed by atoms with van der Waals surface area (Å²) >= 11 is 15.0. The SMILES string of the molecule is O=C(NC(=S)Nc1cc2nn(-c3ccccc3)nc2cc1Cl)c1cccc(Br)c1. The molecular weight excluding hydrogens is 474 g/mol. The molecule has 0 aliphatic rings. The maximum absolute atomic E-state index is 12.3. The third kappa shape index (κ3) is 4.45. The molecule has 0 fully saturated rings. The van der Waals surface area contributed by atoms with Crippen LogP contribution in [0.1, 0.15) is 10.4 Å². The lowest BCUT2D eigenvalue weighted by Crippen LogP contribution is -2.34. The maximum Gasteiger partial charge on any atom is 0.257 e. The maximum atomic E-state index is 12.3. The average Bonchev–Trinajstić information content (AvgIpc) is 3.11. The Kier molecular flexibility index (Phi) is 5.57. The van der Waals surface area contributed by atoms with Gasteiger partial charge in [0.2, 0.25) is 0 Å². The molecule has 0 aliphatic carbocycles. The number of hydrogen-bond donors (Lipinski definition) is 2. The van der Waals surface area contributed by atoms with Crippen molar-refractivity contribution in [3.63, 3.8) is 0 Å². The van der Waals surface area contributed by atoms with Crippen molar-refractivity contribution < 1.29 is 4.79 Å². The number of thiocarbonyl (C=S) groups is 1. The van der Waals surface area contributed by atoms with Crippen LogP contribution in [0.3, 0.4) is 0 Å². The Labute approximate surface area is 185 Å². The lowest BCUT2D eigenvalue weighted by molar-refractivity contribution is 0.0977. The Hall–Kier alpha value is -2.81. The number of para-hydroxylation sites is 1. The van der Waals surface area contributed by atoms with Crippen molar-refractivity contribution in [3.8, 4) is 5.69 Å². The normalized spacial score (nSPS) is 10.7. The van der Waals surface area contributed by atoms with Crippen LogP contribution in [0.2, 0.25) is 5.02 Å². The summed E-state index contributed by atoms with van der Waals surface area (Å²) in [4.78, 5) is 13.9. The van der Waals surface area contributed by atoms with E-state index in [1.54, 1.807) is 30.3 Å². The number of carbonyl (C=O) groups excluding carboxylic acids is 1. The number of nitrogens with zero attached hydrogens (tertiary/aromatic N) is 3. The minimum atomic E-state index is -0.323. The summed E-state index contributed by atoms with van der Waals surface area (Å²) in [6, 6.07) is 20.0. The highest BCUT2D eigenvalue weighted by Crippen LogP contribution is 2.27. The highest BCUT2D eigenvalue weighted by molar-refractivity contribution is 9.10. The molecule has 29 heavy (non-hydrogen) atoms. The number of amides is 1. The smallest absolute Gasteiger partial charge is 0.257 e. The molecule has 0 aliphatic heterocycles. The van der Waals surface area contributed by atoms with Gasteiger partial charge < -0.3 is 5.32 Å². The molecule has 1 amide bonds. The number of nitrogens with one attached hydrogen (secondary N) is 2. The Morgan fingerprint density at radius 1 is 1.00 bits per heavy atom. The van der Waals surface area contributed by atoms with Crippen LogP contribution >= 0.6 is 39.7 Å². The Bertz CT molecular complexity index is 1230. The number of halogens is 2. The molecule has 1 heterocycles. The van der Waals surface area contributed by atoms with Gasteiger partial charge in [0.25, 0.3) is 5.91 Å². The fourth-order valence-electron chi connectivity index (χ4n) is 2.67. The van der Waals surface area contributed by atoms with Crippen LogP contribution in [0.15, 0.2) is 71.2 Å². The predicted octanol–water partition coefficient (Wildman–Crippen LogP) is 4.96. The molecule has 0 saturated carbocycles. The van der Waals surface area contributed by atoms with Crippen LogP contribution in [0, 0.1) is 0 Å². The minimum Gasteiger partial charge on any atom is -0.331 e. The Morgan fingerprint density at radius 2 is 1.72 bits per heavy atom.